The molecular weight excluding hydrogens is 350 g/mol. The van der Waals surface area contributed by atoms with Crippen molar-refractivity contribution in [1.82, 2.24) is 15.0 Å². The first kappa shape index (κ1) is 18.1. The number of aromatic nitrogens is 2. The van der Waals surface area contributed by atoms with E-state index in [1.807, 2.05) is 20.8 Å². The molecule has 2 fully saturated rings. The van der Waals surface area contributed by atoms with Gasteiger partial charge in [0.15, 0.2) is 0 Å². The second-order valence-corrected chi connectivity index (χ2v) is 8.55. The molecule has 6 nitrogen and oxygen atoms in total. The summed E-state index contributed by atoms with van der Waals surface area (Å²) in [5.74, 6) is 2.13. The number of hydrogen-bond acceptors (Lipinski definition) is 7. The van der Waals surface area contributed by atoms with Gasteiger partial charge in [-0.2, -0.15) is 0 Å². The van der Waals surface area contributed by atoms with Gasteiger partial charge in [-0.1, -0.05) is 5.16 Å². The van der Waals surface area contributed by atoms with Crippen molar-refractivity contribution in [3.63, 3.8) is 0 Å². The lowest BCUT2D eigenvalue weighted by Gasteiger charge is -2.19. The smallest absolute Gasteiger partial charge is 0.138 e. The van der Waals surface area contributed by atoms with Gasteiger partial charge in [0, 0.05) is 43.1 Å². The van der Waals surface area contributed by atoms with Crippen LogP contribution < -0.4 is 0 Å². The van der Waals surface area contributed by atoms with E-state index < -0.39 is 0 Å². The summed E-state index contributed by atoms with van der Waals surface area (Å²) in [5, 5.41) is 7.24. The van der Waals surface area contributed by atoms with Crippen molar-refractivity contribution in [3.05, 3.63) is 33.1 Å². The van der Waals surface area contributed by atoms with Gasteiger partial charge in [0.1, 0.15) is 5.76 Å². The van der Waals surface area contributed by atoms with Gasteiger partial charge in [0.25, 0.3) is 0 Å². The minimum atomic E-state index is 0.363. The summed E-state index contributed by atoms with van der Waals surface area (Å²) in [4.78, 5) is 6.92. The molecular formula is C19H27N3O3S. The zero-order valence-corrected chi connectivity index (χ0v) is 16.6. The summed E-state index contributed by atoms with van der Waals surface area (Å²) in [5.41, 5.74) is 3.27. The van der Waals surface area contributed by atoms with Gasteiger partial charge in [0.05, 0.1) is 35.7 Å². The molecule has 0 bridgehead atoms. The molecule has 0 unspecified atom stereocenters. The van der Waals surface area contributed by atoms with Crippen molar-refractivity contribution >= 4 is 11.3 Å². The Morgan fingerprint density at radius 3 is 2.92 bits per heavy atom. The molecule has 2 aliphatic rings. The topological polar surface area (TPSA) is 60.6 Å². The number of fused-ring (bicyclic) bond motifs is 1. The van der Waals surface area contributed by atoms with Crippen LogP contribution in [0.3, 0.4) is 0 Å². The molecule has 0 N–H and O–H groups in total. The molecule has 3 atom stereocenters. The van der Waals surface area contributed by atoms with Crippen molar-refractivity contribution in [2.24, 2.45) is 11.8 Å². The monoisotopic (exact) mass is 377 g/mol. The fraction of sp³-hybridized carbons (Fsp3) is 0.684. The summed E-state index contributed by atoms with van der Waals surface area (Å²) in [7, 11) is 0. The Hall–Kier alpha value is -1.28. The molecule has 142 valence electrons. The molecule has 4 heterocycles. The second-order valence-electron chi connectivity index (χ2n) is 7.49. The van der Waals surface area contributed by atoms with Gasteiger partial charge in [0.2, 0.25) is 0 Å². The fourth-order valence-electron chi connectivity index (χ4n) is 4.14. The van der Waals surface area contributed by atoms with E-state index in [0.29, 0.717) is 24.5 Å². The Kier molecular flexibility index (Phi) is 5.40. The van der Waals surface area contributed by atoms with Crippen molar-refractivity contribution in [3.8, 4) is 0 Å². The first-order chi connectivity index (χ1) is 12.6. The number of thiazole rings is 1. The van der Waals surface area contributed by atoms with E-state index >= 15 is 0 Å². The van der Waals surface area contributed by atoms with E-state index in [1.165, 1.54) is 5.56 Å². The molecule has 2 aliphatic heterocycles. The maximum atomic E-state index is 6.07. The molecule has 0 spiro atoms. The van der Waals surface area contributed by atoms with Crippen molar-refractivity contribution in [2.45, 2.75) is 46.4 Å². The summed E-state index contributed by atoms with van der Waals surface area (Å²) < 4.78 is 17.2. The summed E-state index contributed by atoms with van der Waals surface area (Å²) in [6, 6.07) is 0. The maximum Gasteiger partial charge on any atom is 0.138 e. The lowest BCUT2D eigenvalue weighted by molar-refractivity contribution is 0.0811. The molecule has 7 heteroatoms. The van der Waals surface area contributed by atoms with E-state index in [4.69, 9.17) is 14.0 Å². The van der Waals surface area contributed by atoms with Crippen molar-refractivity contribution < 1.29 is 14.0 Å². The standard InChI is InChI=1S/C19H27N3O3S/c1-12-17(13(2)25-21-12)6-22-7-18-15(9-24-19(18)8-22)4-5-23-10-16-11-26-14(3)20-16/h11,15,18-19H,4-10H2,1-3H3/t15-,18-,19-/m0/s1. The molecule has 0 aromatic carbocycles. The van der Waals surface area contributed by atoms with Crippen molar-refractivity contribution in [2.75, 3.05) is 26.3 Å². The predicted molar refractivity (Wildman–Crippen MR) is 99.1 cm³/mol. The molecule has 2 aromatic rings. The van der Waals surface area contributed by atoms with E-state index in [0.717, 1.165) is 61.4 Å². The third-order valence-electron chi connectivity index (χ3n) is 5.63. The van der Waals surface area contributed by atoms with Crippen LogP contribution >= 0.6 is 11.3 Å². The molecule has 2 aromatic heterocycles. The summed E-state index contributed by atoms with van der Waals surface area (Å²) in [6.45, 7) is 11.3. The number of nitrogens with zero attached hydrogens (tertiary/aromatic N) is 3. The summed E-state index contributed by atoms with van der Waals surface area (Å²) in [6.07, 6.45) is 1.42. The molecule has 0 saturated carbocycles. The Bertz CT molecular complexity index is 725. The van der Waals surface area contributed by atoms with Crippen LogP contribution in [0.5, 0.6) is 0 Å². The third-order valence-corrected chi connectivity index (χ3v) is 6.45. The highest BCUT2D eigenvalue weighted by atomic mass is 32.1. The van der Waals surface area contributed by atoms with Crippen LogP contribution in [0.4, 0.5) is 0 Å². The fourth-order valence-corrected chi connectivity index (χ4v) is 4.74. The quantitative estimate of drug-likeness (QED) is 0.691. The van der Waals surface area contributed by atoms with Crippen molar-refractivity contribution in [1.29, 1.82) is 0 Å². The predicted octanol–water partition coefficient (Wildman–Crippen LogP) is 3.11. The van der Waals surface area contributed by atoms with E-state index in [-0.39, 0.29) is 0 Å². The second kappa shape index (κ2) is 7.76. The van der Waals surface area contributed by atoms with Gasteiger partial charge >= 0.3 is 0 Å². The Balaban J connectivity index is 1.24. The Labute approximate surface area is 158 Å². The van der Waals surface area contributed by atoms with Crippen LogP contribution in [-0.2, 0) is 22.6 Å². The lowest BCUT2D eigenvalue weighted by atomic mass is 9.91. The lowest BCUT2D eigenvalue weighted by Crippen LogP contribution is -2.25. The third kappa shape index (κ3) is 3.86. The van der Waals surface area contributed by atoms with Crippen LogP contribution in [-0.4, -0.2) is 47.4 Å². The van der Waals surface area contributed by atoms with Gasteiger partial charge in [-0.15, -0.1) is 11.3 Å². The zero-order chi connectivity index (χ0) is 18.1. The number of aryl methyl sites for hydroxylation is 3. The number of ether oxygens (including phenoxy) is 2. The zero-order valence-electron chi connectivity index (χ0n) is 15.7. The minimum Gasteiger partial charge on any atom is -0.376 e. The number of hydrogen-bond donors (Lipinski definition) is 0. The van der Waals surface area contributed by atoms with E-state index in [1.54, 1.807) is 11.3 Å². The van der Waals surface area contributed by atoms with Crippen LogP contribution in [0.15, 0.2) is 9.90 Å². The average molecular weight is 378 g/mol. The molecule has 4 rings (SSSR count). The summed E-state index contributed by atoms with van der Waals surface area (Å²) >= 11 is 1.68. The van der Waals surface area contributed by atoms with Crippen LogP contribution in [0, 0.1) is 32.6 Å². The van der Waals surface area contributed by atoms with Crippen LogP contribution in [0.2, 0.25) is 0 Å². The molecule has 0 amide bonds. The average Bonchev–Trinajstić information content (AvgIpc) is 3.35. The number of likely N-dealkylation sites (tertiary alicyclic amines) is 1. The van der Waals surface area contributed by atoms with E-state index in [2.05, 4.69) is 20.4 Å². The highest BCUT2D eigenvalue weighted by Gasteiger charge is 2.43. The Morgan fingerprint density at radius 1 is 1.31 bits per heavy atom. The first-order valence-electron chi connectivity index (χ1n) is 9.34. The highest BCUT2D eigenvalue weighted by molar-refractivity contribution is 7.09. The maximum absolute atomic E-state index is 6.07. The molecule has 0 aliphatic carbocycles. The SMILES string of the molecule is Cc1nc(COCC[C@H]2CO[C@H]3CN(Cc4c(C)noc4C)C[C@@H]23)cs1. The Morgan fingerprint density at radius 2 is 2.19 bits per heavy atom. The number of rotatable bonds is 7. The molecule has 0 radical (unpaired) electrons. The largest absolute Gasteiger partial charge is 0.376 e. The minimum absolute atomic E-state index is 0.363. The van der Waals surface area contributed by atoms with Gasteiger partial charge in [-0.05, 0) is 33.1 Å². The van der Waals surface area contributed by atoms with Gasteiger partial charge < -0.3 is 14.0 Å². The van der Waals surface area contributed by atoms with Crippen LogP contribution in [0.25, 0.3) is 0 Å². The highest BCUT2D eigenvalue weighted by Crippen LogP contribution is 2.36. The van der Waals surface area contributed by atoms with Crippen LogP contribution in [0.1, 0.15) is 34.1 Å². The van der Waals surface area contributed by atoms with E-state index in [9.17, 15) is 0 Å². The molecule has 26 heavy (non-hydrogen) atoms. The molecule has 2 saturated heterocycles. The van der Waals surface area contributed by atoms with Gasteiger partial charge in [-0.25, -0.2) is 4.98 Å². The van der Waals surface area contributed by atoms with Gasteiger partial charge in [-0.3, -0.25) is 4.90 Å². The first-order valence-corrected chi connectivity index (χ1v) is 10.2. The normalized spacial score (nSPS) is 25.9.